The molecule has 1 aromatic heterocycles. The van der Waals surface area contributed by atoms with Crippen molar-refractivity contribution in [2.45, 2.75) is 32.7 Å². The number of amides is 1. The number of carbonyl (C=O) groups excluding carboxylic acids is 2. The molecule has 7 nitrogen and oxygen atoms in total. The van der Waals surface area contributed by atoms with Gasteiger partial charge in [0.05, 0.1) is 28.6 Å². The molecule has 3 aromatic rings. The number of allylic oxidation sites excluding steroid dienone is 1. The molecule has 0 N–H and O–H groups in total. The van der Waals surface area contributed by atoms with Crippen LogP contribution in [0.1, 0.15) is 43.9 Å². The highest BCUT2D eigenvalue weighted by molar-refractivity contribution is 7.07. The summed E-state index contributed by atoms with van der Waals surface area (Å²) in [7, 11) is 0. The molecule has 1 amide bonds. The van der Waals surface area contributed by atoms with Crippen LogP contribution in [0.2, 0.25) is 0 Å². The van der Waals surface area contributed by atoms with Crippen LogP contribution in [0.25, 0.3) is 5.57 Å². The van der Waals surface area contributed by atoms with Crippen molar-refractivity contribution in [1.82, 2.24) is 4.57 Å². The topological polar surface area (TPSA) is 81.0 Å². The highest BCUT2D eigenvalue weighted by Gasteiger charge is 2.37. The van der Waals surface area contributed by atoms with E-state index in [1.54, 1.807) is 11.8 Å². The van der Waals surface area contributed by atoms with Gasteiger partial charge in [-0.15, -0.1) is 0 Å². The molecule has 2 aromatic carbocycles. The summed E-state index contributed by atoms with van der Waals surface area (Å²) in [5, 5.41) is 0. The first-order valence-electron chi connectivity index (χ1n) is 12.3. The van der Waals surface area contributed by atoms with Gasteiger partial charge >= 0.3 is 5.97 Å². The average Bonchev–Trinajstić information content (AvgIpc) is 3.37. The van der Waals surface area contributed by atoms with Crippen molar-refractivity contribution in [2.24, 2.45) is 4.99 Å². The molecule has 0 spiro atoms. The molecule has 188 valence electrons. The number of hydrogen-bond donors (Lipinski definition) is 0. The Morgan fingerprint density at radius 2 is 1.86 bits per heavy atom. The standard InChI is InChI=1S/C29H27N3O4S/c1-4-6-16-31-21-15-11-10-14-20(21)23(26(31)33)25-27(34)32-24(19-12-8-7-9-13-19)22(28(35)36-17-5-2)18(3)30-29(32)37-25/h5,7-15,24H,2,4,6,16-17H2,1,3H3/b25-23+. The number of hydrogen-bond acceptors (Lipinski definition) is 6. The van der Waals surface area contributed by atoms with Crippen molar-refractivity contribution < 1.29 is 14.3 Å². The zero-order valence-electron chi connectivity index (χ0n) is 20.8. The van der Waals surface area contributed by atoms with Crippen molar-refractivity contribution in [3.05, 3.63) is 109 Å². The first kappa shape index (κ1) is 24.6. The van der Waals surface area contributed by atoms with Gasteiger partial charge in [-0.2, -0.15) is 0 Å². The first-order valence-corrected chi connectivity index (χ1v) is 13.1. The SMILES string of the molecule is C=CCOC(=O)C1=C(C)N=c2s/c(=C3/C(=O)N(CCCC)c4ccccc43)c(=O)n2C1c1ccccc1. The smallest absolute Gasteiger partial charge is 0.338 e. The van der Waals surface area contributed by atoms with Crippen molar-refractivity contribution >= 4 is 34.5 Å². The summed E-state index contributed by atoms with van der Waals surface area (Å²) in [6.45, 7) is 8.06. The number of aromatic nitrogens is 1. The van der Waals surface area contributed by atoms with Crippen molar-refractivity contribution in [3.8, 4) is 0 Å². The fourth-order valence-corrected chi connectivity index (χ4v) is 5.97. The fraction of sp³-hybridized carbons (Fsp3) is 0.241. The summed E-state index contributed by atoms with van der Waals surface area (Å²) in [6, 6.07) is 16.2. The number of anilines is 1. The zero-order valence-corrected chi connectivity index (χ0v) is 21.6. The predicted molar refractivity (Wildman–Crippen MR) is 144 cm³/mol. The average molecular weight is 514 g/mol. The summed E-state index contributed by atoms with van der Waals surface area (Å²) in [5.74, 6) is -0.738. The minimum Gasteiger partial charge on any atom is -0.458 e. The van der Waals surface area contributed by atoms with Crippen LogP contribution in [0.3, 0.4) is 0 Å². The van der Waals surface area contributed by atoms with Gasteiger partial charge in [-0.1, -0.05) is 85.9 Å². The third-order valence-corrected chi connectivity index (χ3v) is 7.60. The van der Waals surface area contributed by atoms with Gasteiger partial charge in [0.25, 0.3) is 11.5 Å². The molecule has 37 heavy (non-hydrogen) atoms. The molecule has 0 aliphatic carbocycles. The number of ether oxygens (including phenoxy) is 1. The number of unbranched alkanes of at least 4 members (excludes halogenated alkanes) is 1. The minimum absolute atomic E-state index is 0.0462. The number of para-hydroxylation sites is 1. The Morgan fingerprint density at radius 3 is 2.59 bits per heavy atom. The molecule has 0 saturated heterocycles. The van der Waals surface area contributed by atoms with E-state index in [1.165, 1.54) is 22.0 Å². The van der Waals surface area contributed by atoms with Gasteiger partial charge in [0.2, 0.25) is 0 Å². The van der Waals surface area contributed by atoms with Crippen LogP contribution in [-0.2, 0) is 14.3 Å². The molecule has 0 radical (unpaired) electrons. The van der Waals surface area contributed by atoms with E-state index in [-0.39, 0.29) is 18.1 Å². The van der Waals surface area contributed by atoms with Crippen LogP contribution in [0.5, 0.6) is 0 Å². The number of carbonyl (C=O) groups is 2. The predicted octanol–water partition coefficient (Wildman–Crippen LogP) is 3.48. The van der Waals surface area contributed by atoms with Gasteiger partial charge in [-0.3, -0.25) is 14.2 Å². The quantitative estimate of drug-likeness (QED) is 0.358. The summed E-state index contributed by atoms with van der Waals surface area (Å²) in [4.78, 5) is 47.7. The molecule has 5 rings (SSSR count). The summed E-state index contributed by atoms with van der Waals surface area (Å²) in [6.07, 6.45) is 3.30. The molecular formula is C29H27N3O4S. The number of fused-ring (bicyclic) bond motifs is 2. The van der Waals surface area contributed by atoms with Crippen LogP contribution in [0.4, 0.5) is 5.69 Å². The number of rotatable bonds is 7. The Bertz CT molecular complexity index is 1610. The van der Waals surface area contributed by atoms with Gasteiger partial charge in [-0.25, -0.2) is 9.79 Å². The number of nitrogens with zero attached hydrogens (tertiary/aromatic N) is 3. The summed E-state index contributed by atoms with van der Waals surface area (Å²) < 4.78 is 7.22. The second-order valence-corrected chi connectivity index (χ2v) is 9.88. The third-order valence-electron chi connectivity index (χ3n) is 6.55. The normalized spacial score (nSPS) is 17.8. The Kier molecular flexibility index (Phi) is 6.76. The van der Waals surface area contributed by atoms with E-state index < -0.39 is 12.0 Å². The highest BCUT2D eigenvalue weighted by atomic mass is 32.1. The molecule has 3 heterocycles. The molecule has 2 aliphatic heterocycles. The Labute approximate surface area is 218 Å². The second kappa shape index (κ2) is 10.1. The Balaban J connectivity index is 1.76. The van der Waals surface area contributed by atoms with E-state index in [9.17, 15) is 14.4 Å². The van der Waals surface area contributed by atoms with Crippen LogP contribution >= 0.6 is 11.3 Å². The van der Waals surface area contributed by atoms with Gasteiger partial charge in [0.15, 0.2) is 4.80 Å². The molecule has 1 unspecified atom stereocenters. The van der Waals surface area contributed by atoms with E-state index in [2.05, 4.69) is 18.5 Å². The largest absolute Gasteiger partial charge is 0.458 e. The molecule has 0 saturated carbocycles. The second-order valence-electron chi connectivity index (χ2n) is 8.90. The summed E-state index contributed by atoms with van der Waals surface area (Å²) in [5.41, 5.74) is 3.11. The lowest BCUT2D eigenvalue weighted by molar-refractivity contribution is -0.138. The monoisotopic (exact) mass is 513 g/mol. The lowest BCUT2D eigenvalue weighted by atomic mass is 9.96. The molecule has 8 heteroatoms. The van der Waals surface area contributed by atoms with Gasteiger partial charge < -0.3 is 9.64 Å². The van der Waals surface area contributed by atoms with E-state index in [0.29, 0.717) is 32.7 Å². The lowest BCUT2D eigenvalue weighted by Gasteiger charge is -2.24. The molecular weight excluding hydrogens is 486 g/mol. The lowest BCUT2D eigenvalue weighted by Crippen LogP contribution is -2.41. The van der Waals surface area contributed by atoms with Crippen LogP contribution in [0.15, 0.2) is 88.3 Å². The van der Waals surface area contributed by atoms with Gasteiger partial charge in [0, 0.05) is 12.1 Å². The van der Waals surface area contributed by atoms with E-state index in [1.807, 2.05) is 54.6 Å². The minimum atomic E-state index is -0.730. The number of thiazole rings is 1. The highest BCUT2D eigenvalue weighted by Crippen LogP contribution is 2.35. The van der Waals surface area contributed by atoms with Crippen LogP contribution in [0, 0.1) is 0 Å². The third kappa shape index (κ3) is 4.17. The van der Waals surface area contributed by atoms with E-state index >= 15 is 0 Å². The van der Waals surface area contributed by atoms with Gasteiger partial charge in [-0.05, 0) is 25.0 Å². The number of esters is 1. The van der Waals surface area contributed by atoms with Crippen molar-refractivity contribution in [2.75, 3.05) is 18.1 Å². The van der Waals surface area contributed by atoms with Crippen LogP contribution in [-0.4, -0.2) is 29.6 Å². The van der Waals surface area contributed by atoms with E-state index in [0.717, 1.165) is 29.7 Å². The van der Waals surface area contributed by atoms with E-state index in [4.69, 9.17) is 4.74 Å². The maximum Gasteiger partial charge on any atom is 0.338 e. The number of benzene rings is 2. The molecule has 0 fully saturated rings. The Morgan fingerprint density at radius 1 is 1.14 bits per heavy atom. The van der Waals surface area contributed by atoms with Crippen LogP contribution < -0.4 is 19.8 Å². The molecule has 1 atom stereocenters. The fourth-order valence-electron chi connectivity index (χ4n) is 4.83. The first-order chi connectivity index (χ1) is 18.0. The van der Waals surface area contributed by atoms with Gasteiger partial charge in [0.1, 0.15) is 11.1 Å². The van der Waals surface area contributed by atoms with Crippen molar-refractivity contribution in [3.63, 3.8) is 0 Å². The molecule has 0 bridgehead atoms. The zero-order chi connectivity index (χ0) is 26.1. The Hall–Kier alpha value is -4.04. The summed E-state index contributed by atoms with van der Waals surface area (Å²) >= 11 is 1.18. The molecule has 2 aliphatic rings. The maximum absolute atomic E-state index is 14.1. The van der Waals surface area contributed by atoms with Crippen molar-refractivity contribution in [1.29, 1.82) is 0 Å². The maximum atomic E-state index is 14.1.